The molecule has 3 rings (SSSR count). The van der Waals surface area contributed by atoms with E-state index in [0.717, 1.165) is 30.1 Å². The molecular formula is C21H26FN3O2. The van der Waals surface area contributed by atoms with Crippen LogP contribution in [0.1, 0.15) is 5.56 Å². The van der Waals surface area contributed by atoms with E-state index in [-0.39, 0.29) is 11.7 Å². The first-order valence-electron chi connectivity index (χ1n) is 9.15. The van der Waals surface area contributed by atoms with E-state index in [2.05, 4.69) is 4.90 Å². The average Bonchev–Trinajstić information content (AvgIpc) is 2.69. The number of piperazine rings is 1. The molecule has 0 saturated carbocycles. The van der Waals surface area contributed by atoms with Crippen LogP contribution in [0.4, 0.5) is 10.1 Å². The van der Waals surface area contributed by atoms with Gasteiger partial charge in [-0.25, -0.2) is 4.39 Å². The lowest BCUT2D eigenvalue weighted by molar-refractivity contribution is -0.132. The van der Waals surface area contributed by atoms with Crippen LogP contribution >= 0.6 is 0 Å². The second kappa shape index (κ2) is 8.86. The summed E-state index contributed by atoms with van der Waals surface area (Å²) in [5, 5.41) is 0. The fraction of sp³-hybridized carbons (Fsp3) is 0.381. The summed E-state index contributed by atoms with van der Waals surface area (Å²) < 4.78 is 18.2. The highest BCUT2D eigenvalue weighted by Crippen LogP contribution is 2.17. The van der Waals surface area contributed by atoms with Gasteiger partial charge in [0, 0.05) is 38.4 Å². The van der Waals surface area contributed by atoms with Gasteiger partial charge in [-0.05, 0) is 49.0 Å². The minimum atomic E-state index is -0.229. The molecule has 1 fully saturated rings. The van der Waals surface area contributed by atoms with E-state index in [4.69, 9.17) is 4.74 Å². The number of hydrogen-bond acceptors (Lipinski definition) is 4. The van der Waals surface area contributed by atoms with E-state index < -0.39 is 0 Å². The standard InChI is InChI=1S/C21H26FN3O2/c1-23(15-17-3-9-20(27-2)10-4-17)16-21(26)25-13-11-24(12-14-25)19-7-5-18(22)6-8-19/h3-10H,11-16H2,1-2H3. The number of amides is 1. The Labute approximate surface area is 159 Å². The van der Waals surface area contributed by atoms with Gasteiger partial charge < -0.3 is 14.5 Å². The predicted molar refractivity (Wildman–Crippen MR) is 105 cm³/mol. The summed E-state index contributed by atoms with van der Waals surface area (Å²) in [5.74, 6) is 0.744. The maximum Gasteiger partial charge on any atom is 0.236 e. The molecule has 1 heterocycles. The van der Waals surface area contributed by atoms with Crippen LogP contribution in [-0.2, 0) is 11.3 Å². The number of anilines is 1. The summed E-state index contributed by atoms with van der Waals surface area (Å²) in [6.45, 7) is 4.01. The molecule has 1 amide bonds. The zero-order valence-electron chi connectivity index (χ0n) is 15.9. The maximum atomic E-state index is 13.1. The van der Waals surface area contributed by atoms with Crippen LogP contribution in [0.2, 0.25) is 0 Å². The summed E-state index contributed by atoms with van der Waals surface area (Å²) >= 11 is 0. The lowest BCUT2D eigenvalue weighted by Crippen LogP contribution is -2.51. The largest absolute Gasteiger partial charge is 0.497 e. The van der Waals surface area contributed by atoms with Crippen molar-refractivity contribution in [3.63, 3.8) is 0 Å². The third-order valence-corrected chi connectivity index (χ3v) is 4.84. The Morgan fingerprint density at radius 2 is 1.67 bits per heavy atom. The van der Waals surface area contributed by atoms with Gasteiger partial charge in [0.25, 0.3) is 0 Å². The fourth-order valence-electron chi connectivity index (χ4n) is 3.30. The van der Waals surface area contributed by atoms with Crippen molar-refractivity contribution in [2.75, 3.05) is 51.8 Å². The van der Waals surface area contributed by atoms with Gasteiger partial charge in [-0.15, -0.1) is 0 Å². The molecule has 1 aliphatic heterocycles. The van der Waals surface area contributed by atoms with E-state index in [0.29, 0.717) is 26.2 Å². The number of rotatable bonds is 6. The molecule has 6 heteroatoms. The van der Waals surface area contributed by atoms with Crippen molar-refractivity contribution in [3.05, 3.63) is 59.9 Å². The van der Waals surface area contributed by atoms with E-state index in [9.17, 15) is 9.18 Å². The third-order valence-electron chi connectivity index (χ3n) is 4.84. The van der Waals surface area contributed by atoms with Crippen molar-refractivity contribution in [1.82, 2.24) is 9.80 Å². The number of ether oxygens (including phenoxy) is 1. The Hall–Kier alpha value is -2.60. The number of nitrogens with zero attached hydrogens (tertiary/aromatic N) is 3. The summed E-state index contributed by atoms with van der Waals surface area (Å²) in [7, 11) is 3.60. The van der Waals surface area contributed by atoms with Crippen LogP contribution in [0.15, 0.2) is 48.5 Å². The molecule has 1 saturated heterocycles. The molecule has 0 bridgehead atoms. The Morgan fingerprint density at radius 1 is 1.04 bits per heavy atom. The Bertz CT molecular complexity index is 741. The Morgan fingerprint density at radius 3 is 2.26 bits per heavy atom. The van der Waals surface area contributed by atoms with Gasteiger partial charge in [0.2, 0.25) is 5.91 Å². The molecule has 5 nitrogen and oxygen atoms in total. The quantitative estimate of drug-likeness (QED) is 0.782. The summed E-state index contributed by atoms with van der Waals surface area (Å²) in [4.78, 5) is 18.7. The number of halogens is 1. The summed E-state index contributed by atoms with van der Waals surface area (Å²) in [6.07, 6.45) is 0. The van der Waals surface area contributed by atoms with Crippen LogP contribution in [0.3, 0.4) is 0 Å². The number of carbonyl (C=O) groups is 1. The molecule has 0 aliphatic carbocycles. The number of likely N-dealkylation sites (N-methyl/N-ethyl adjacent to an activating group) is 1. The molecule has 0 spiro atoms. The number of benzene rings is 2. The topological polar surface area (TPSA) is 36.0 Å². The van der Waals surface area contributed by atoms with Gasteiger partial charge in [-0.2, -0.15) is 0 Å². The van der Waals surface area contributed by atoms with E-state index in [1.807, 2.05) is 41.1 Å². The number of hydrogen-bond donors (Lipinski definition) is 0. The average molecular weight is 371 g/mol. The summed E-state index contributed by atoms with van der Waals surface area (Å²) in [6, 6.07) is 14.4. The molecule has 2 aromatic carbocycles. The number of carbonyl (C=O) groups excluding carboxylic acids is 1. The van der Waals surface area contributed by atoms with Gasteiger partial charge in [0.1, 0.15) is 11.6 Å². The fourth-order valence-corrected chi connectivity index (χ4v) is 3.30. The van der Waals surface area contributed by atoms with Crippen molar-refractivity contribution in [3.8, 4) is 5.75 Å². The van der Waals surface area contributed by atoms with Gasteiger partial charge in [0.05, 0.1) is 13.7 Å². The molecule has 27 heavy (non-hydrogen) atoms. The first-order valence-corrected chi connectivity index (χ1v) is 9.15. The van der Waals surface area contributed by atoms with Crippen molar-refractivity contribution in [1.29, 1.82) is 0 Å². The van der Waals surface area contributed by atoms with Gasteiger partial charge >= 0.3 is 0 Å². The second-order valence-electron chi connectivity index (χ2n) is 6.86. The Kier molecular flexibility index (Phi) is 6.29. The van der Waals surface area contributed by atoms with Crippen molar-refractivity contribution < 1.29 is 13.9 Å². The summed E-state index contributed by atoms with van der Waals surface area (Å²) in [5.41, 5.74) is 2.15. The minimum Gasteiger partial charge on any atom is -0.497 e. The van der Waals surface area contributed by atoms with Gasteiger partial charge in [-0.1, -0.05) is 12.1 Å². The van der Waals surface area contributed by atoms with Crippen molar-refractivity contribution in [2.45, 2.75) is 6.54 Å². The predicted octanol–water partition coefficient (Wildman–Crippen LogP) is 2.61. The van der Waals surface area contributed by atoms with Crippen LogP contribution < -0.4 is 9.64 Å². The zero-order valence-corrected chi connectivity index (χ0v) is 15.9. The normalized spacial score (nSPS) is 14.5. The monoisotopic (exact) mass is 371 g/mol. The Balaban J connectivity index is 1.46. The molecular weight excluding hydrogens is 345 g/mol. The molecule has 144 valence electrons. The smallest absolute Gasteiger partial charge is 0.236 e. The van der Waals surface area contributed by atoms with Crippen LogP contribution in [-0.4, -0.2) is 62.6 Å². The third kappa shape index (κ3) is 5.20. The van der Waals surface area contributed by atoms with E-state index in [1.54, 1.807) is 19.2 Å². The van der Waals surface area contributed by atoms with Gasteiger partial charge in [0.15, 0.2) is 0 Å². The second-order valence-corrected chi connectivity index (χ2v) is 6.86. The molecule has 0 atom stereocenters. The van der Waals surface area contributed by atoms with Crippen molar-refractivity contribution in [2.24, 2.45) is 0 Å². The highest BCUT2D eigenvalue weighted by molar-refractivity contribution is 5.78. The molecule has 0 unspecified atom stereocenters. The first kappa shape index (κ1) is 19.2. The van der Waals surface area contributed by atoms with E-state index >= 15 is 0 Å². The first-order chi connectivity index (χ1) is 13.0. The minimum absolute atomic E-state index is 0.143. The molecule has 2 aromatic rings. The number of methoxy groups -OCH3 is 1. The highest BCUT2D eigenvalue weighted by atomic mass is 19.1. The molecule has 0 N–H and O–H groups in total. The SMILES string of the molecule is COc1ccc(CN(C)CC(=O)N2CCN(c3ccc(F)cc3)CC2)cc1. The van der Waals surface area contributed by atoms with Crippen molar-refractivity contribution >= 4 is 11.6 Å². The van der Waals surface area contributed by atoms with Crippen LogP contribution in [0.25, 0.3) is 0 Å². The maximum absolute atomic E-state index is 13.1. The molecule has 1 aliphatic rings. The van der Waals surface area contributed by atoms with Gasteiger partial charge in [-0.3, -0.25) is 9.69 Å². The van der Waals surface area contributed by atoms with E-state index in [1.165, 1.54) is 12.1 Å². The molecule has 0 aromatic heterocycles. The lowest BCUT2D eigenvalue weighted by atomic mass is 10.2. The van der Waals surface area contributed by atoms with Crippen LogP contribution in [0, 0.1) is 5.82 Å². The highest BCUT2D eigenvalue weighted by Gasteiger charge is 2.22. The molecule has 0 radical (unpaired) electrons. The van der Waals surface area contributed by atoms with Crippen LogP contribution in [0.5, 0.6) is 5.75 Å². The lowest BCUT2D eigenvalue weighted by Gasteiger charge is -2.36. The zero-order chi connectivity index (χ0) is 19.2.